The molecule has 0 heterocycles. The van der Waals surface area contributed by atoms with Crippen LogP contribution >= 0.6 is 34.8 Å². The van der Waals surface area contributed by atoms with Crippen molar-refractivity contribution in [2.75, 3.05) is 0 Å². The van der Waals surface area contributed by atoms with E-state index in [1.165, 1.54) is 24.3 Å². The molecule has 0 aliphatic heterocycles. The predicted octanol–water partition coefficient (Wildman–Crippen LogP) is 6.00. The molecule has 1 N–H and O–H groups in total. The van der Waals surface area contributed by atoms with Crippen LogP contribution in [0.4, 0.5) is 0 Å². The van der Waals surface area contributed by atoms with Crippen molar-refractivity contribution >= 4 is 44.8 Å². The summed E-state index contributed by atoms with van der Waals surface area (Å²) in [6.07, 6.45) is 0. The van der Waals surface area contributed by atoms with E-state index in [2.05, 4.69) is 4.72 Å². The summed E-state index contributed by atoms with van der Waals surface area (Å²) >= 11 is 19.3. The summed E-state index contributed by atoms with van der Waals surface area (Å²) in [5.41, 5.74) is 2.28. The van der Waals surface area contributed by atoms with Gasteiger partial charge in [0.2, 0.25) is 10.0 Å². The summed E-state index contributed by atoms with van der Waals surface area (Å²) in [7, 11) is -3.90. The Morgan fingerprint density at radius 2 is 1.43 bits per heavy atom. The van der Waals surface area contributed by atoms with Crippen molar-refractivity contribution < 1.29 is 8.42 Å². The molecule has 28 heavy (non-hydrogen) atoms. The first-order valence-corrected chi connectivity index (χ1v) is 11.1. The summed E-state index contributed by atoms with van der Waals surface area (Å²) < 4.78 is 27.1. The maximum atomic E-state index is 13.0. The van der Waals surface area contributed by atoms with Crippen molar-refractivity contribution in [3.63, 3.8) is 0 Å². The van der Waals surface area contributed by atoms with Crippen LogP contribution < -0.4 is 4.72 Å². The van der Waals surface area contributed by atoms with Gasteiger partial charge in [-0.2, -0.15) is 0 Å². The lowest BCUT2D eigenvalue weighted by atomic mass is 9.98. The van der Waals surface area contributed by atoms with E-state index in [0.717, 1.165) is 5.56 Å². The van der Waals surface area contributed by atoms with Gasteiger partial charge in [0.1, 0.15) is 0 Å². The SMILES string of the molecule is Cc1ccc(C(NS(=O)(=O)c2ccc(Cl)cc2)C(Cl)(Cl)c2ccccc2)cc1. The Bertz CT molecular complexity index is 1040. The second-order valence-electron chi connectivity index (χ2n) is 6.41. The highest BCUT2D eigenvalue weighted by Crippen LogP contribution is 2.45. The summed E-state index contributed by atoms with van der Waals surface area (Å²) in [5, 5.41) is 0.447. The van der Waals surface area contributed by atoms with E-state index >= 15 is 0 Å². The molecule has 3 aromatic rings. The minimum absolute atomic E-state index is 0.0752. The van der Waals surface area contributed by atoms with Crippen LogP contribution in [0.25, 0.3) is 0 Å². The van der Waals surface area contributed by atoms with Crippen LogP contribution in [0.5, 0.6) is 0 Å². The Hall–Kier alpha value is -1.56. The molecule has 3 nitrogen and oxygen atoms in total. The van der Waals surface area contributed by atoms with Crippen molar-refractivity contribution in [1.82, 2.24) is 4.72 Å². The molecule has 0 saturated heterocycles. The summed E-state index contributed by atoms with van der Waals surface area (Å²) in [6.45, 7) is 1.95. The molecule has 0 aromatic heterocycles. The standard InChI is InChI=1S/C21H18Cl3NO2S/c1-15-7-9-16(10-8-15)20(21(23,24)17-5-3-2-4-6-17)25-28(26,27)19-13-11-18(22)12-14-19/h2-14,20,25H,1H3. The van der Waals surface area contributed by atoms with Gasteiger partial charge in [0, 0.05) is 5.02 Å². The van der Waals surface area contributed by atoms with Crippen LogP contribution in [0.15, 0.2) is 83.8 Å². The van der Waals surface area contributed by atoms with Gasteiger partial charge >= 0.3 is 0 Å². The van der Waals surface area contributed by atoms with Crippen LogP contribution in [0.3, 0.4) is 0 Å². The van der Waals surface area contributed by atoms with Gasteiger partial charge in [0.05, 0.1) is 10.9 Å². The van der Waals surface area contributed by atoms with Gasteiger partial charge in [0.25, 0.3) is 0 Å². The highest BCUT2D eigenvalue weighted by molar-refractivity contribution is 7.89. The lowest BCUT2D eigenvalue weighted by Crippen LogP contribution is -2.38. The number of nitrogens with one attached hydrogen (secondary N) is 1. The third-order valence-corrected chi connectivity index (χ3v) is 6.89. The van der Waals surface area contributed by atoms with Crippen LogP contribution in [-0.4, -0.2) is 8.42 Å². The maximum absolute atomic E-state index is 13.0. The highest BCUT2D eigenvalue weighted by atomic mass is 35.5. The molecule has 0 spiro atoms. The predicted molar refractivity (Wildman–Crippen MR) is 116 cm³/mol. The third-order valence-electron chi connectivity index (χ3n) is 4.33. The third kappa shape index (κ3) is 4.70. The molecule has 3 aromatic carbocycles. The van der Waals surface area contributed by atoms with E-state index in [0.29, 0.717) is 16.1 Å². The van der Waals surface area contributed by atoms with Crippen LogP contribution in [-0.2, 0) is 14.4 Å². The van der Waals surface area contributed by atoms with Gasteiger partial charge < -0.3 is 0 Å². The molecule has 3 rings (SSSR count). The van der Waals surface area contributed by atoms with Gasteiger partial charge in [-0.05, 0) is 42.3 Å². The molecule has 0 radical (unpaired) electrons. The largest absolute Gasteiger partial charge is 0.241 e. The molecular formula is C21H18Cl3NO2S. The number of hydrogen-bond donors (Lipinski definition) is 1. The maximum Gasteiger partial charge on any atom is 0.241 e. The minimum Gasteiger partial charge on any atom is -0.207 e. The van der Waals surface area contributed by atoms with Crippen LogP contribution in [0.2, 0.25) is 5.02 Å². The fourth-order valence-electron chi connectivity index (χ4n) is 2.77. The van der Waals surface area contributed by atoms with Crippen molar-refractivity contribution in [2.45, 2.75) is 22.2 Å². The number of hydrogen-bond acceptors (Lipinski definition) is 2. The van der Waals surface area contributed by atoms with E-state index in [-0.39, 0.29) is 4.90 Å². The van der Waals surface area contributed by atoms with E-state index < -0.39 is 20.4 Å². The van der Waals surface area contributed by atoms with E-state index in [9.17, 15) is 8.42 Å². The zero-order chi connectivity index (χ0) is 20.4. The second kappa shape index (κ2) is 8.44. The number of benzene rings is 3. The molecule has 0 saturated carbocycles. The van der Waals surface area contributed by atoms with Gasteiger partial charge in [-0.25, -0.2) is 13.1 Å². The van der Waals surface area contributed by atoms with Crippen molar-refractivity contribution in [2.24, 2.45) is 0 Å². The first kappa shape index (κ1) is 21.2. The van der Waals surface area contributed by atoms with Crippen LogP contribution in [0.1, 0.15) is 22.7 Å². The normalized spacial score (nSPS) is 13.3. The van der Waals surface area contributed by atoms with Crippen LogP contribution in [0, 0.1) is 6.92 Å². The smallest absolute Gasteiger partial charge is 0.207 e. The Morgan fingerprint density at radius 1 is 0.857 bits per heavy atom. The highest BCUT2D eigenvalue weighted by Gasteiger charge is 2.40. The van der Waals surface area contributed by atoms with E-state index in [1.807, 2.05) is 37.3 Å². The van der Waals surface area contributed by atoms with Gasteiger partial charge in [-0.3, -0.25) is 0 Å². The van der Waals surface area contributed by atoms with E-state index in [4.69, 9.17) is 34.8 Å². The molecule has 0 amide bonds. The van der Waals surface area contributed by atoms with Gasteiger partial charge in [0.15, 0.2) is 4.33 Å². The fourth-order valence-corrected chi connectivity index (χ4v) is 4.90. The zero-order valence-electron chi connectivity index (χ0n) is 14.9. The molecule has 0 bridgehead atoms. The monoisotopic (exact) mass is 453 g/mol. The Balaban J connectivity index is 2.06. The zero-order valence-corrected chi connectivity index (χ0v) is 18.0. The van der Waals surface area contributed by atoms with Crippen molar-refractivity contribution in [3.05, 3.63) is 101 Å². The average Bonchev–Trinajstić information content (AvgIpc) is 2.68. The van der Waals surface area contributed by atoms with E-state index in [1.54, 1.807) is 24.3 Å². The molecule has 1 atom stereocenters. The topological polar surface area (TPSA) is 46.2 Å². The molecule has 146 valence electrons. The van der Waals surface area contributed by atoms with Crippen molar-refractivity contribution in [3.8, 4) is 0 Å². The van der Waals surface area contributed by atoms with Gasteiger partial charge in [-0.1, -0.05) is 95.0 Å². The number of rotatable bonds is 6. The molecular weight excluding hydrogens is 437 g/mol. The first-order valence-electron chi connectivity index (χ1n) is 8.48. The summed E-state index contributed by atoms with van der Waals surface area (Å²) in [6, 6.07) is 21.3. The summed E-state index contributed by atoms with van der Waals surface area (Å²) in [5.74, 6) is 0. The number of alkyl halides is 2. The number of aryl methyl sites for hydroxylation is 1. The average molecular weight is 455 g/mol. The quantitative estimate of drug-likeness (QED) is 0.464. The Kier molecular flexibility index (Phi) is 6.37. The second-order valence-corrected chi connectivity index (χ2v) is 9.94. The van der Waals surface area contributed by atoms with Crippen molar-refractivity contribution in [1.29, 1.82) is 0 Å². The first-order chi connectivity index (χ1) is 13.2. The molecule has 7 heteroatoms. The fraction of sp³-hybridized carbons (Fsp3) is 0.143. The Morgan fingerprint density at radius 3 is 2.00 bits per heavy atom. The molecule has 1 unspecified atom stereocenters. The minimum atomic E-state index is -3.90. The number of sulfonamides is 1. The molecule has 0 aliphatic rings. The molecule has 0 fully saturated rings. The molecule has 0 aliphatic carbocycles. The lowest BCUT2D eigenvalue weighted by molar-refractivity contribution is 0.533. The number of halogens is 3. The lowest BCUT2D eigenvalue weighted by Gasteiger charge is -2.31. The Labute approximate surface area is 180 Å². The van der Waals surface area contributed by atoms with Gasteiger partial charge in [-0.15, -0.1) is 0 Å². The summed E-state index contributed by atoms with van der Waals surface area (Å²) in [4.78, 5) is 0.0752.